The van der Waals surface area contributed by atoms with E-state index in [9.17, 15) is 4.39 Å². The molecule has 2 aromatic rings. The number of nitrogens with one attached hydrogen (secondary N) is 1. The zero-order valence-electron chi connectivity index (χ0n) is 10.5. The molecule has 3 N–H and O–H groups in total. The van der Waals surface area contributed by atoms with Crippen LogP contribution in [0.4, 0.5) is 4.39 Å². The van der Waals surface area contributed by atoms with Crippen LogP contribution in [0.1, 0.15) is 22.7 Å². The van der Waals surface area contributed by atoms with E-state index >= 15 is 0 Å². The second kappa shape index (κ2) is 5.29. The van der Waals surface area contributed by atoms with Crippen molar-refractivity contribution in [2.24, 2.45) is 12.9 Å². The molecule has 1 heterocycles. The highest BCUT2D eigenvalue weighted by molar-refractivity contribution is 5.27. The third kappa shape index (κ3) is 2.75. The fourth-order valence-corrected chi connectivity index (χ4v) is 1.91. The predicted molar refractivity (Wildman–Crippen MR) is 68.1 cm³/mol. The van der Waals surface area contributed by atoms with Gasteiger partial charge < -0.3 is 0 Å². The van der Waals surface area contributed by atoms with Gasteiger partial charge in [-0.3, -0.25) is 16.0 Å². The first-order valence-electron chi connectivity index (χ1n) is 5.80. The minimum atomic E-state index is -0.209. The first-order valence-corrected chi connectivity index (χ1v) is 5.80. The Balaban J connectivity index is 2.19. The minimum Gasteiger partial charge on any atom is -0.276 e. The molecule has 0 radical (unpaired) electrons. The van der Waals surface area contributed by atoms with Gasteiger partial charge >= 0.3 is 0 Å². The number of nitrogens with two attached hydrogens (primary N) is 1. The maximum absolute atomic E-state index is 13.5. The first-order chi connectivity index (χ1) is 8.60. The number of nitrogens with zero attached hydrogens (tertiary/aromatic N) is 2. The normalized spacial score (nSPS) is 12.7. The van der Waals surface area contributed by atoms with E-state index in [-0.39, 0.29) is 11.9 Å². The lowest BCUT2D eigenvalue weighted by Crippen LogP contribution is -2.29. The van der Waals surface area contributed by atoms with Crippen LogP contribution >= 0.6 is 0 Å². The van der Waals surface area contributed by atoms with Crippen molar-refractivity contribution in [1.82, 2.24) is 15.2 Å². The molecule has 96 valence electrons. The molecule has 4 nitrogen and oxygen atoms in total. The fraction of sp³-hybridized carbons (Fsp3) is 0.308. The van der Waals surface area contributed by atoms with E-state index in [4.69, 9.17) is 5.84 Å². The Kier molecular flexibility index (Phi) is 3.74. The largest absolute Gasteiger partial charge is 0.276 e. The van der Waals surface area contributed by atoms with Crippen LogP contribution < -0.4 is 11.3 Å². The van der Waals surface area contributed by atoms with E-state index in [1.807, 2.05) is 19.3 Å². The van der Waals surface area contributed by atoms with E-state index in [0.717, 1.165) is 11.1 Å². The van der Waals surface area contributed by atoms with Gasteiger partial charge in [0, 0.05) is 13.2 Å². The Morgan fingerprint density at radius 1 is 1.50 bits per heavy atom. The van der Waals surface area contributed by atoms with Gasteiger partial charge in [0.25, 0.3) is 0 Å². The van der Waals surface area contributed by atoms with Crippen LogP contribution in [0.25, 0.3) is 0 Å². The van der Waals surface area contributed by atoms with E-state index in [1.54, 1.807) is 23.9 Å². The van der Waals surface area contributed by atoms with Gasteiger partial charge in [-0.2, -0.15) is 5.10 Å². The monoisotopic (exact) mass is 248 g/mol. The summed E-state index contributed by atoms with van der Waals surface area (Å²) in [4.78, 5) is 0. The number of benzene rings is 1. The minimum absolute atomic E-state index is 0.121. The van der Waals surface area contributed by atoms with Gasteiger partial charge in [0.15, 0.2) is 0 Å². The highest BCUT2D eigenvalue weighted by Gasteiger charge is 2.13. The summed E-state index contributed by atoms with van der Waals surface area (Å²) in [7, 11) is 1.86. The van der Waals surface area contributed by atoms with Crippen molar-refractivity contribution in [3.63, 3.8) is 0 Å². The second-order valence-corrected chi connectivity index (χ2v) is 4.45. The zero-order chi connectivity index (χ0) is 13.1. The molecular formula is C13H17FN4. The van der Waals surface area contributed by atoms with Crippen LogP contribution in [-0.2, 0) is 13.5 Å². The van der Waals surface area contributed by atoms with Gasteiger partial charge in [-0.25, -0.2) is 4.39 Å². The summed E-state index contributed by atoms with van der Waals surface area (Å²) in [6.07, 6.45) is 4.39. The molecule has 1 atom stereocenters. The van der Waals surface area contributed by atoms with Gasteiger partial charge in [-0.15, -0.1) is 0 Å². The average Bonchev–Trinajstić information content (AvgIpc) is 2.75. The van der Waals surface area contributed by atoms with Gasteiger partial charge in [-0.1, -0.05) is 12.1 Å². The molecular weight excluding hydrogens is 231 g/mol. The highest BCUT2D eigenvalue weighted by Crippen LogP contribution is 2.19. The molecule has 18 heavy (non-hydrogen) atoms. The topological polar surface area (TPSA) is 55.9 Å². The summed E-state index contributed by atoms with van der Waals surface area (Å²) in [6.45, 7) is 1.74. The number of aryl methyl sites for hydroxylation is 2. The molecule has 1 aromatic carbocycles. The standard InChI is InChI=1S/C13H17FN4/c1-9-3-4-11(6-12(9)14)13(17-15)5-10-7-16-18(2)8-10/h3-4,6-8,13,17H,5,15H2,1-2H3. The van der Waals surface area contributed by atoms with Crippen molar-refractivity contribution in [3.05, 3.63) is 53.1 Å². The highest BCUT2D eigenvalue weighted by atomic mass is 19.1. The fourth-order valence-electron chi connectivity index (χ4n) is 1.91. The molecule has 0 amide bonds. The van der Waals surface area contributed by atoms with Crippen LogP contribution in [0.15, 0.2) is 30.6 Å². The summed E-state index contributed by atoms with van der Waals surface area (Å²) in [5.74, 6) is 5.34. The molecule has 5 heteroatoms. The predicted octanol–water partition coefficient (Wildman–Crippen LogP) is 1.61. The van der Waals surface area contributed by atoms with Crippen LogP contribution in [0.3, 0.4) is 0 Å². The van der Waals surface area contributed by atoms with E-state index < -0.39 is 0 Å². The number of hydrazine groups is 1. The van der Waals surface area contributed by atoms with Gasteiger partial charge in [0.05, 0.1) is 12.2 Å². The van der Waals surface area contributed by atoms with Gasteiger partial charge in [0.2, 0.25) is 0 Å². The number of hydrogen-bond acceptors (Lipinski definition) is 3. The van der Waals surface area contributed by atoms with E-state index in [0.29, 0.717) is 12.0 Å². The average molecular weight is 248 g/mol. The Hall–Kier alpha value is -1.72. The van der Waals surface area contributed by atoms with Crippen LogP contribution in [-0.4, -0.2) is 9.78 Å². The third-order valence-electron chi connectivity index (χ3n) is 3.00. The molecule has 2 rings (SSSR count). The molecule has 0 bridgehead atoms. The van der Waals surface area contributed by atoms with E-state index in [2.05, 4.69) is 10.5 Å². The molecule has 0 saturated carbocycles. The summed E-state index contributed by atoms with van der Waals surface area (Å²) in [6, 6.07) is 5.05. The van der Waals surface area contributed by atoms with Crippen molar-refractivity contribution >= 4 is 0 Å². The maximum atomic E-state index is 13.5. The maximum Gasteiger partial charge on any atom is 0.126 e. The second-order valence-electron chi connectivity index (χ2n) is 4.45. The van der Waals surface area contributed by atoms with Crippen LogP contribution in [0.2, 0.25) is 0 Å². The molecule has 0 aliphatic rings. The number of hydrogen-bond donors (Lipinski definition) is 2. The first kappa shape index (κ1) is 12.7. The summed E-state index contributed by atoms with van der Waals surface area (Å²) < 4.78 is 15.3. The molecule has 1 aromatic heterocycles. The molecule has 0 aliphatic heterocycles. The number of rotatable bonds is 4. The Bertz CT molecular complexity index is 536. The summed E-state index contributed by atoms with van der Waals surface area (Å²) >= 11 is 0. The molecule has 0 aliphatic carbocycles. The third-order valence-corrected chi connectivity index (χ3v) is 3.00. The van der Waals surface area contributed by atoms with Crippen molar-refractivity contribution in [1.29, 1.82) is 0 Å². The van der Waals surface area contributed by atoms with Gasteiger partial charge in [-0.05, 0) is 36.1 Å². The summed E-state index contributed by atoms with van der Waals surface area (Å²) in [5, 5.41) is 4.10. The Labute approximate surface area is 106 Å². The number of halogens is 1. The smallest absolute Gasteiger partial charge is 0.126 e. The number of aromatic nitrogens is 2. The Morgan fingerprint density at radius 2 is 2.28 bits per heavy atom. The van der Waals surface area contributed by atoms with Crippen molar-refractivity contribution in [2.45, 2.75) is 19.4 Å². The quantitative estimate of drug-likeness (QED) is 0.638. The Morgan fingerprint density at radius 3 is 2.83 bits per heavy atom. The zero-order valence-corrected chi connectivity index (χ0v) is 10.5. The molecule has 0 saturated heterocycles. The van der Waals surface area contributed by atoms with Crippen molar-refractivity contribution in [3.8, 4) is 0 Å². The SMILES string of the molecule is Cc1ccc(C(Cc2cnn(C)c2)NN)cc1F. The van der Waals surface area contributed by atoms with Crippen molar-refractivity contribution < 1.29 is 4.39 Å². The lowest BCUT2D eigenvalue weighted by Gasteiger charge is -2.16. The van der Waals surface area contributed by atoms with Crippen molar-refractivity contribution in [2.75, 3.05) is 0 Å². The van der Waals surface area contributed by atoms with Crippen LogP contribution in [0, 0.1) is 12.7 Å². The lowest BCUT2D eigenvalue weighted by molar-refractivity contribution is 0.543. The van der Waals surface area contributed by atoms with E-state index in [1.165, 1.54) is 6.07 Å². The molecule has 0 spiro atoms. The van der Waals surface area contributed by atoms with Gasteiger partial charge in [0.1, 0.15) is 5.82 Å². The lowest BCUT2D eigenvalue weighted by atomic mass is 10.00. The molecule has 1 unspecified atom stereocenters. The molecule has 0 fully saturated rings. The van der Waals surface area contributed by atoms with Crippen LogP contribution in [0.5, 0.6) is 0 Å². The summed E-state index contributed by atoms with van der Waals surface area (Å²) in [5.41, 5.74) is 5.25.